The molecule has 0 radical (unpaired) electrons. The Labute approximate surface area is 179 Å². The number of hydrogen-bond acceptors (Lipinski definition) is 2. The SMILES string of the molecule is Cc1ccc(C)c(Cn2c(C)c(CNCC(C)c3ccccc3)c(C(=O)O)c2C)c1. The predicted octanol–water partition coefficient (Wildman–Crippen LogP) is 5.36. The second kappa shape index (κ2) is 9.31. The minimum absolute atomic E-state index is 0.359. The number of carboxylic acid groups (broad SMARTS) is 1. The lowest BCUT2D eigenvalue weighted by molar-refractivity contribution is 0.0694. The zero-order chi connectivity index (χ0) is 21.8. The largest absolute Gasteiger partial charge is 0.478 e. The highest BCUT2D eigenvalue weighted by molar-refractivity contribution is 5.91. The third-order valence-corrected chi connectivity index (χ3v) is 6.08. The molecule has 2 aromatic carbocycles. The molecular weight excluding hydrogens is 372 g/mol. The molecule has 4 nitrogen and oxygen atoms in total. The molecule has 4 heteroatoms. The third-order valence-electron chi connectivity index (χ3n) is 6.08. The summed E-state index contributed by atoms with van der Waals surface area (Å²) in [5, 5.41) is 13.4. The number of hydrogen-bond donors (Lipinski definition) is 2. The van der Waals surface area contributed by atoms with Crippen molar-refractivity contribution in [3.63, 3.8) is 0 Å². The van der Waals surface area contributed by atoms with Crippen molar-refractivity contribution < 1.29 is 9.90 Å². The lowest BCUT2D eigenvalue weighted by Crippen LogP contribution is -2.21. The van der Waals surface area contributed by atoms with Crippen LogP contribution >= 0.6 is 0 Å². The van der Waals surface area contributed by atoms with Gasteiger partial charge in [0.15, 0.2) is 0 Å². The minimum atomic E-state index is -0.858. The molecule has 158 valence electrons. The molecule has 1 atom stereocenters. The predicted molar refractivity (Wildman–Crippen MR) is 122 cm³/mol. The average molecular weight is 405 g/mol. The molecule has 3 aromatic rings. The van der Waals surface area contributed by atoms with Gasteiger partial charge in [-0.3, -0.25) is 0 Å². The fourth-order valence-electron chi connectivity index (χ4n) is 4.14. The first-order valence-corrected chi connectivity index (χ1v) is 10.5. The third kappa shape index (κ3) is 4.65. The maximum Gasteiger partial charge on any atom is 0.337 e. The number of nitrogens with zero attached hydrogens (tertiary/aromatic N) is 1. The maximum absolute atomic E-state index is 12.1. The molecule has 0 saturated carbocycles. The number of nitrogens with one attached hydrogen (secondary N) is 1. The lowest BCUT2D eigenvalue weighted by atomic mass is 10.0. The van der Waals surface area contributed by atoms with Gasteiger partial charge in [0.05, 0.1) is 5.56 Å². The summed E-state index contributed by atoms with van der Waals surface area (Å²) >= 11 is 0. The van der Waals surface area contributed by atoms with E-state index in [9.17, 15) is 9.90 Å². The fraction of sp³-hybridized carbons (Fsp3) is 0.346. The summed E-state index contributed by atoms with van der Waals surface area (Å²) in [5.74, 6) is -0.499. The Morgan fingerprint density at radius 3 is 2.40 bits per heavy atom. The van der Waals surface area contributed by atoms with Crippen LogP contribution in [0.25, 0.3) is 0 Å². The summed E-state index contributed by atoms with van der Waals surface area (Å²) in [6.45, 7) is 12.4. The monoisotopic (exact) mass is 404 g/mol. The van der Waals surface area contributed by atoms with Crippen LogP contribution in [-0.2, 0) is 13.1 Å². The molecule has 0 aliphatic carbocycles. The van der Waals surface area contributed by atoms with Gasteiger partial charge in [0.2, 0.25) is 0 Å². The van der Waals surface area contributed by atoms with Gasteiger partial charge in [-0.1, -0.05) is 61.0 Å². The van der Waals surface area contributed by atoms with Crippen LogP contribution in [0, 0.1) is 27.7 Å². The normalized spacial score (nSPS) is 12.2. The summed E-state index contributed by atoms with van der Waals surface area (Å²) in [7, 11) is 0. The number of carboxylic acids is 1. The molecule has 1 aromatic heterocycles. The van der Waals surface area contributed by atoms with Crippen LogP contribution in [0.1, 0.15) is 62.4 Å². The van der Waals surface area contributed by atoms with Gasteiger partial charge in [0.25, 0.3) is 0 Å². The van der Waals surface area contributed by atoms with E-state index in [0.29, 0.717) is 24.6 Å². The van der Waals surface area contributed by atoms with E-state index in [-0.39, 0.29) is 0 Å². The highest BCUT2D eigenvalue weighted by Crippen LogP contribution is 2.25. The summed E-state index contributed by atoms with van der Waals surface area (Å²) in [5.41, 5.74) is 8.09. The van der Waals surface area contributed by atoms with Crippen molar-refractivity contribution in [1.82, 2.24) is 9.88 Å². The van der Waals surface area contributed by atoms with Gasteiger partial charge < -0.3 is 15.0 Å². The second-order valence-electron chi connectivity index (χ2n) is 8.29. The van der Waals surface area contributed by atoms with Gasteiger partial charge in [-0.05, 0) is 50.3 Å². The van der Waals surface area contributed by atoms with Crippen molar-refractivity contribution in [2.45, 2.75) is 53.6 Å². The zero-order valence-electron chi connectivity index (χ0n) is 18.6. The Balaban J connectivity index is 1.83. The molecule has 0 amide bonds. The smallest absolute Gasteiger partial charge is 0.337 e. The van der Waals surface area contributed by atoms with Crippen molar-refractivity contribution in [2.75, 3.05) is 6.54 Å². The number of aromatic carboxylic acids is 1. The van der Waals surface area contributed by atoms with Crippen molar-refractivity contribution in [2.24, 2.45) is 0 Å². The van der Waals surface area contributed by atoms with E-state index >= 15 is 0 Å². The highest BCUT2D eigenvalue weighted by atomic mass is 16.4. The van der Waals surface area contributed by atoms with Crippen LogP contribution in [0.4, 0.5) is 0 Å². The van der Waals surface area contributed by atoms with E-state index in [0.717, 1.165) is 23.5 Å². The van der Waals surface area contributed by atoms with Gasteiger partial charge in [0, 0.05) is 36.6 Å². The Morgan fingerprint density at radius 2 is 1.73 bits per heavy atom. The Bertz CT molecular complexity index is 1030. The fourth-order valence-corrected chi connectivity index (χ4v) is 4.14. The molecule has 1 unspecified atom stereocenters. The lowest BCUT2D eigenvalue weighted by Gasteiger charge is -2.14. The number of carbonyl (C=O) groups is 1. The second-order valence-corrected chi connectivity index (χ2v) is 8.29. The number of aromatic nitrogens is 1. The molecule has 30 heavy (non-hydrogen) atoms. The molecule has 0 aliphatic heterocycles. The molecule has 2 N–H and O–H groups in total. The van der Waals surface area contributed by atoms with E-state index < -0.39 is 5.97 Å². The molecule has 0 spiro atoms. The van der Waals surface area contributed by atoms with Gasteiger partial charge >= 0.3 is 5.97 Å². The number of benzene rings is 2. The Kier molecular flexibility index (Phi) is 6.78. The van der Waals surface area contributed by atoms with Gasteiger partial charge in [-0.25, -0.2) is 4.79 Å². The molecule has 1 heterocycles. The topological polar surface area (TPSA) is 54.3 Å². The molecule has 0 fully saturated rings. The van der Waals surface area contributed by atoms with Gasteiger partial charge in [0.1, 0.15) is 0 Å². The maximum atomic E-state index is 12.1. The molecule has 0 aliphatic rings. The van der Waals surface area contributed by atoms with Gasteiger partial charge in [-0.15, -0.1) is 0 Å². The molecule has 0 bridgehead atoms. The van der Waals surface area contributed by atoms with Gasteiger partial charge in [-0.2, -0.15) is 0 Å². The highest BCUT2D eigenvalue weighted by Gasteiger charge is 2.23. The van der Waals surface area contributed by atoms with E-state index in [2.05, 4.69) is 73.1 Å². The summed E-state index contributed by atoms with van der Waals surface area (Å²) in [4.78, 5) is 12.1. The summed E-state index contributed by atoms with van der Waals surface area (Å²) < 4.78 is 2.14. The quantitative estimate of drug-likeness (QED) is 0.531. The van der Waals surface area contributed by atoms with Crippen LogP contribution in [0.2, 0.25) is 0 Å². The van der Waals surface area contributed by atoms with Crippen molar-refractivity contribution in [3.8, 4) is 0 Å². The van der Waals surface area contributed by atoms with Crippen LogP contribution in [0.15, 0.2) is 48.5 Å². The number of rotatable bonds is 8. The minimum Gasteiger partial charge on any atom is -0.478 e. The van der Waals surface area contributed by atoms with Crippen LogP contribution in [0.5, 0.6) is 0 Å². The average Bonchev–Trinajstić information content (AvgIpc) is 2.95. The summed E-state index contributed by atoms with van der Waals surface area (Å²) in [6, 6.07) is 16.8. The molecule has 3 rings (SSSR count). The molecule has 0 saturated heterocycles. The van der Waals surface area contributed by atoms with Crippen LogP contribution in [0.3, 0.4) is 0 Å². The van der Waals surface area contributed by atoms with Crippen molar-refractivity contribution >= 4 is 5.97 Å². The van der Waals surface area contributed by atoms with E-state index in [1.165, 1.54) is 22.3 Å². The van der Waals surface area contributed by atoms with Crippen LogP contribution in [-0.4, -0.2) is 22.2 Å². The first-order valence-electron chi connectivity index (χ1n) is 10.5. The molecular formula is C26H32N2O2. The first kappa shape index (κ1) is 21.8. The van der Waals surface area contributed by atoms with E-state index in [4.69, 9.17) is 0 Å². The van der Waals surface area contributed by atoms with Crippen LogP contribution < -0.4 is 5.32 Å². The summed E-state index contributed by atoms with van der Waals surface area (Å²) in [6.07, 6.45) is 0. The zero-order valence-corrected chi connectivity index (χ0v) is 18.6. The van der Waals surface area contributed by atoms with Crippen molar-refractivity contribution in [3.05, 3.63) is 93.3 Å². The van der Waals surface area contributed by atoms with E-state index in [1.807, 2.05) is 19.9 Å². The number of aryl methyl sites for hydroxylation is 2. The first-order chi connectivity index (χ1) is 14.3. The Morgan fingerprint density at radius 1 is 1.03 bits per heavy atom. The van der Waals surface area contributed by atoms with E-state index in [1.54, 1.807) is 0 Å². The van der Waals surface area contributed by atoms with Crippen molar-refractivity contribution in [1.29, 1.82) is 0 Å². The Hall–Kier alpha value is -2.85. The standard InChI is InChI=1S/C26H32N2O2/c1-17-11-12-18(2)23(13-17)16-28-20(4)24(25(21(28)5)26(29)30)15-27-14-19(3)22-9-7-6-8-10-22/h6-13,19,27H,14-16H2,1-5H3,(H,29,30).